The van der Waals surface area contributed by atoms with Gasteiger partial charge in [0.15, 0.2) is 0 Å². The van der Waals surface area contributed by atoms with E-state index >= 15 is 0 Å². The van der Waals surface area contributed by atoms with Gasteiger partial charge in [-0.1, -0.05) is 35.8 Å². The number of carbonyl (C=O) groups is 1. The van der Waals surface area contributed by atoms with Crippen molar-refractivity contribution in [1.82, 2.24) is 4.31 Å². The lowest BCUT2D eigenvalue weighted by atomic mass is 10.2. The maximum absolute atomic E-state index is 11.9. The first-order valence-corrected chi connectivity index (χ1v) is 8.83. The van der Waals surface area contributed by atoms with E-state index in [-0.39, 0.29) is 18.4 Å². The van der Waals surface area contributed by atoms with Gasteiger partial charge in [-0.25, -0.2) is 8.42 Å². The number of hydrogen-bond acceptors (Lipinski definition) is 3. The van der Waals surface area contributed by atoms with Crippen molar-refractivity contribution in [2.45, 2.75) is 13.8 Å². The van der Waals surface area contributed by atoms with E-state index in [1.54, 1.807) is 18.2 Å². The van der Waals surface area contributed by atoms with E-state index in [9.17, 15) is 13.2 Å². The second-order valence-electron chi connectivity index (χ2n) is 5.01. The predicted octanol–water partition coefficient (Wildman–Crippen LogP) is 2.31. The number of amides is 1. The van der Waals surface area contributed by atoms with Crippen molar-refractivity contribution in [3.8, 4) is 0 Å². The van der Waals surface area contributed by atoms with Crippen LogP contribution >= 0.6 is 15.9 Å². The Morgan fingerprint density at radius 2 is 2.05 bits per heavy atom. The van der Waals surface area contributed by atoms with Gasteiger partial charge in [0.05, 0.1) is 12.8 Å². The van der Waals surface area contributed by atoms with Gasteiger partial charge in [0.1, 0.15) is 0 Å². The number of nitrogens with zero attached hydrogens (tertiary/aromatic N) is 1. The van der Waals surface area contributed by atoms with Gasteiger partial charge < -0.3 is 5.32 Å². The summed E-state index contributed by atoms with van der Waals surface area (Å²) in [6.45, 7) is 3.96. The molecule has 1 amide bonds. The van der Waals surface area contributed by atoms with Crippen LogP contribution in [0.2, 0.25) is 0 Å². The number of hydrogen-bond donors (Lipinski definition) is 1. The standard InChI is InChI=1S/C13H19BrN2O3S/c1-10(2)8-16(20(3,18)19)9-13(17)15-12-6-4-5-11(14)7-12/h4-7,10H,8-9H2,1-3H3,(H,15,17). The second-order valence-corrected chi connectivity index (χ2v) is 7.91. The fraction of sp³-hybridized carbons (Fsp3) is 0.462. The summed E-state index contributed by atoms with van der Waals surface area (Å²) in [6.07, 6.45) is 1.11. The molecule has 0 saturated heterocycles. The van der Waals surface area contributed by atoms with E-state index in [1.165, 1.54) is 4.31 Å². The van der Waals surface area contributed by atoms with Crippen molar-refractivity contribution in [1.29, 1.82) is 0 Å². The lowest BCUT2D eigenvalue weighted by molar-refractivity contribution is -0.116. The van der Waals surface area contributed by atoms with Crippen LogP contribution in [0, 0.1) is 5.92 Å². The average molecular weight is 363 g/mol. The molecule has 1 rings (SSSR count). The highest BCUT2D eigenvalue weighted by Crippen LogP contribution is 2.15. The van der Waals surface area contributed by atoms with Crippen molar-refractivity contribution in [2.75, 3.05) is 24.7 Å². The maximum atomic E-state index is 11.9. The Morgan fingerprint density at radius 3 is 2.55 bits per heavy atom. The van der Waals surface area contributed by atoms with E-state index < -0.39 is 10.0 Å². The molecule has 0 aliphatic carbocycles. The molecule has 1 aromatic rings. The highest BCUT2D eigenvalue weighted by molar-refractivity contribution is 9.10. The van der Waals surface area contributed by atoms with Gasteiger partial charge in [-0.05, 0) is 24.1 Å². The third-order valence-electron chi connectivity index (χ3n) is 2.47. The molecular weight excluding hydrogens is 344 g/mol. The Labute approximate surface area is 128 Å². The molecule has 0 aliphatic rings. The topological polar surface area (TPSA) is 66.5 Å². The molecule has 0 radical (unpaired) electrons. The quantitative estimate of drug-likeness (QED) is 0.844. The molecule has 7 heteroatoms. The highest BCUT2D eigenvalue weighted by Gasteiger charge is 2.21. The summed E-state index contributed by atoms with van der Waals surface area (Å²) in [5.41, 5.74) is 0.627. The summed E-state index contributed by atoms with van der Waals surface area (Å²) in [6, 6.07) is 7.14. The summed E-state index contributed by atoms with van der Waals surface area (Å²) >= 11 is 3.31. The zero-order valence-electron chi connectivity index (χ0n) is 11.8. The van der Waals surface area contributed by atoms with Crippen molar-refractivity contribution in [3.63, 3.8) is 0 Å². The third kappa shape index (κ3) is 6.02. The Hall–Kier alpha value is -0.920. The van der Waals surface area contributed by atoms with Crippen LogP contribution in [0.1, 0.15) is 13.8 Å². The monoisotopic (exact) mass is 362 g/mol. The molecule has 112 valence electrons. The molecule has 0 fully saturated rings. The summed E-state index contributed by atoms with van der Waals surface area (Å²) < 4.78 is 25.3. The number of anilines is 1. The number of nitrogens with one attached hydrogen (secondary N) is 1. The second kappa shape index (κ2) is 7.19. The minimum atomic E-state index is -3.39. The van der Waals surface area contributed by atoms with Crippen LogP contribution in [-0.4, -0.2) is 38.0 Å². The third-order valence-corrected chi connectivity index (χ3v) is 4.18. The number of sulfonamides is 1. The Morgan fingerprint density at radius 1 is 1.40 bits per heavy atom. The Bertz CT molecular complexity index is 573. The molecule has 0 aromatic heterocycles. The zero-order chi connectivity index (χ0) is 15.3. The van der Waals surface area contributed by atoms with Crippen LogP contribution in [0.3, 0.4) is 0 Å². The molecule has 0 heterocycles. The highest BCUT2D eigenvalue weighted by atomic mass is 79.9. The van der Waals surface area contributed by atoms with Gasteiger partial charge in [-0.2, -0.15) is 4.31 Å². The first-order chi connectivity index (χ1) is 9.18. The van der Waals surface area contributed by atoms with E-state index in [0.29, 0.717) is 12.2 Å². The largest absolute Gasteiger partial charge is 0.325 e. The Kier molecular flexibility index (Phi) is 6.16. The lowest BCUT2D eigenvalue weighted by Gasteiger charge is -2.21. The van der Waals surface area contributed by atoms with Gasteiger partial charge in [-0.3, -0.25) is 4.79 Å². The van der Waals surface area contributed by atoms with Crippen molar-refractivity contribution in [3.05, 3.63) is 28.7 Å². The molecule has 0 aliphatic heterocycles. The zero-order valence-corrected chi connectivity index (χ0v) is 14.2. The Balaban J connectivity index is 2.72. The molecule has 0 atom stereocenters. The van der Waals surface area contributed by atoms with Crippen LogP contribution in [-0.2, 0) is 14.8 Å². The van der Waals surface area contributed by atoms with Gasteiger partial charge >= 0.3 is 0 Å². The molecule has 0 unspecified atom stereocenters. The summed E-state index contributed by atoms with van der Waals surface area (Å²) in [4.78, 5) is 11.9. The normalized spacial score (nSPS) is 11.9. The fourth-order valence-corrected chi connectivity index (χ4v) is 2.97. The molecule has 0 bridgehead atoms. The van der Waals surface area contributed by atoms with Gasteiger partial charge in [0.2, 0.25) is 15.9 Å². The fourth-order valence-electron chi connectivity index (χ4n) is 1.65. The molecule has 1 aromatic carbocycles. The van der Waals surface area contributed by atoms with Crippen LogP contribution < -0.4 is 5.32 Å². The number of benzene rings is 1. The molecule has 0 spiro atoms. The summed E-state index contributed by atoms with van der Waals surface area (Å²) in [5, 5.41) is 2.68. The number of halogens is 1. The molecule has 5 nitrogen and oxygen atoms in total. The smallest absolute Gasteiger partial charge is 0.239 e. The summed E-state index contributed by atoms with van der Waals surface area (Å²) in [5.74, 6) is -0.197. The van der Waals surface area contributed by atoms with Crippen LogP contribution in [0.5, 0.6) is 0 Å². The van der Waals surface area contributed by atoms with Crippen LogP contribution in [0.15, 0.2) is 28.7 Å². The SMILES string of the molecule is CC(C)CN(CC(=O)Nc1cccc(Br)c1)S(C)(=O)=O. The van der Waals surface area contributed by atoms with Crippen molar-refractivity contribution < 1.29 is 13.2 Å². The van der Waals surface area contributed by atoms with E-state index in [0.717, 1.165) is 10.7 Å². The van der Waals surface area contributed by atoms with E-state index in [2.05, 4.69) is 21.2 Å². The molecule has 1 N–H and O–H groups in total. The summed E-state index contributed by atoms with van der Waals surface area (Å²) in [7, 11) is -3.39. The van der Waals surface area contributed by atoms with Gasteiger partial charge in [-0.15, -0.1) is 0 Å². The lowest BCUT2D eigenvalue weighted by Crippen LogP contribution is -2.39. The van der Waals surface area contributed by atoms with Crippen molar-refractivity contribution in [2.24, 2.45) is 5.92 Å². The van der Waals surface area contributed by atoms with Crippen LogP contribution in [0.25, 0.3) is 0 Å². The van der Waals surface area contributed by atoms with Crippen molar-refractivity contribution >= 4 is 37.5 Å². The van der Waals surface area contributed by atoms with E-state index in [1.807, 2.05) is 19.9 Å². The van der Waals surface area contributed by atoms with Gasteiger partial charge in [0, 0.05) is 16.7 Å². The first-order valence-electron chi connectivity index (χ1n) is 6.19. The minimum Gasteiger partial charge on any atom is -0.325 e. The maximum Gasteiger partial charge on any atom is 0.239 e. The van der Waals surface area contributed by atoms with Gasteiger partial charge in [0.25, 0.3) is 0 Å². The van der Waals surface area contributed by atoms with E-state index in [4.69, 9.17) is 0 Å². The number of rotatable bonds is 6. The minimum absolute atomic E-state index is 0.156. The average Bonchev–Trinajstić information content (AvgIpc) is 2.26. The van der Waals surface area contributed by atoms with Crippen LogP contribution in [0.4, 0.5) is 5.69 Å². The molecule has 0 saturated carbocycles. The molecular formula is C13H19BrN2O3S. The molecule has 20 heavy (non-hydrogen) atoms. The first kappa shape index (κ1) is 17.1. The number of carbonyl (C=O) groups excluding carboxylic acids is 1. The predicted molar refractivity (Wildman–Crippen MR) is 84.0 cm³/mol.